The molecule has 0 saturated heterocycles. The Labute approximate surface area is 172 Å². The predicted molar refractivity (Wildman–Crippen MR) is 113 cm³/mol. The first kappa shape index (κ1) is 20.3. The minimum absolute atomic E-state index is 0.117. The molecule has 6 nitrogen and oxygen atoms in total. The number of nitrogens with one attached hydrogen (secondary N) is 1. The lowest BCUT2D eigenvalue weighted by atomic mass is 10.1. The van der Waals surface area contributed by atoms with Crippen LogP contribution in [0.1, 0.15) is 18.9 Å². The molecular formula is C19H17ClN2O4S2. The van der Waals surface area contributed by atoms with E-state index in [0.717, 1.165) is 18.4 Å². The lowest BCUT2D eigenvalue weighted by Crippen LogP contribution is -2.13. The van der Waals surface area contributed by atoms with Gasteiger partial charge in [-0.1, -0.05) is 37.1 Å². The largest absolute Gasteiger partial charge is 0.278 e. The highest BCUT2D eigenvalue weighted by Crippen LogP contribution is 2.40. The van der Waals surface area contributed by atoms with Crippen LogP contribution in [0.4, 0.5) is 11.4 Å². The smallest absolute Gasteiger partial charge is 0.270 e. The van der Waals surface area contributed by atoms with Gasteiger partial charge >= 0.3 is 0 Å². The molecular weight excluding hydrogens is 420 g/mol. The molecule has 0 spiro atoms. The van der Waals surface area contributed by atoms with E-state index in [9.17, 15) is 18.5 Å². The van der Waals surface area contributed by atoms with E-state index in [1.54, 1.807) is 35.7 Å². The van der Waals surface area contributed by atoms with Crippen LogP contribution in [0.15, 0.2) is 58.8 Å². The number of aryl methyl sites for hydroxylation is 1. The van der Waals surface area contributed by atoms with E-state index in [1.807, 2.05) is 0 Å². The maximum Gasteiger partial charge on any atom is 0.270 e. The molecule has 0 aliphatic rings. The van der Waals surface area contributed by atoms with Crippen LogP contribution < -0.4 is 4.72 Å². The number of nitro groups is 1. The fraction of sp³-hybridized carbons (Fsp3) is 0.158. The first-order valence-corrected chi connectivity index (χ1v) is 11.2. The third kappa shape index (κ3) is 4.35. The molecule has 1 N–H and O–H groups in total. The van der Waals surface area contributed by atoms with Crippen LogP contribution in [0.25, 0.3) is 10.4 Å². The van der Waals surface area contributed by atoms with Crippen molar-refractivity contribution in [1.29, 1.82) is 0 Å². The molecule has 146 valence electrons. The Morgan fingerprint density at radius 3 is 2.50 bits per heavy atom. The van der Waals surface area contributed by atoms with Crippen LogP contribution in [-0.2, 0) is 16.4 Å². The summed E-state index contributed by atoms with van der Waals surface area (Å²) in [6, 6.07) is 12.4. The van der Waals surface area contributed by atoms with Gasteiger partial charge in [-0.15, -0.1) is 11.3 Å². The number of rotatable bonds is 7. The molecule has 0 saturated carbocycles. The predicted octanol–water partition coefficient (Wildman–Crippen LogP) is 5.73. The SMILES string of the molecule is CCCc1ccc(S(=O)(=O)Nc2ccsc2-c2cc([N+](=O)[O-])ccc2Cl)cc1. The molecule has 0 amide bonds. The van der Waals surface area contributed by atoms with E-state index in [0.29, 0.717) is 21.2 Å². The molecule has 9 heteroatoms. The van der Waals surface area contributed by atoms with Crippen molar-refractivity contribution in [3.05, 3.63) is 74.6 Å². The number of nitro benzene ring substituents is 1. The number of halogens is 1. The van der Waals surface area contributed by atoms with Crippen molar-refractivity contribution in [3.8, 4) is 10.4 Å². The summed E-state index contributed by atoms with van der Waals surface area (Å²) in [7, 11) is -3.81. The summed E-state index contributed by atoms with van der Waals surface area (Å²) >= 11 is 7.45. The highest BCUT2D eigenvalue weighted by Gasteiger charge is 2.20. The van der Waals surface area contributed by atoms with E-state index in [2.05, 4.69) is 11.6 Å². The number of hydrogen-bond acceptors (Lipinski definition) is 5. The average Bonchev–Trinajstić information content (AvgIpc) is 3.10. The molecule has 28 heavy (non-hydrogen) atoms. The molecule has 0 aliphatic heterocycles. The second kappa shape index (κ2) is 8.30. The van der Waals surface area contributed by atoms with Gasteiger partial charge < -0.3 is 0 Å². The summed E-state index contributed by atoms with van der Waals surface area (Å²) in [6.07, 6.45) is 1.86. The Morgan fingerprint density at radius 1 is 1.14 bits per heavy atom. The van der Waals surface area contributed by atoms with Crippen LogP contribution in [0.5, 0.6) is 0 Å². The molecule has 1 aromatic heterocycles. The van der Waals surface area contributed by atoms with Crippen molar-refractivity contribution >= 4 is 44.3 Å². The van der Waals surface area contributed by atoms with Crippen molar-refractivity contribution in [3.63, 3.8) is 0 Å². The second-order valence-corrected chi connectivity index (χ2v) is 9.09. The van der Waals surface area contributed by atoms with E-state index >= 15 is 0 Å². The number of non-ortho nitro benzene ring substituents is 1. The molecule has 2 aromatic carbocycles. The van der Waals surface area contributed by atoms with Gasteiger partial charge in [0, 0.05) is 22.7 Å². The number of anilines is 1. The van der Waals surface area contributed by atoms with Gasteiger partial charge in [-0.3, -0.25) is 14.8 Å². The number of nitrogens with zero attached hydrogens (tertiary/aromatic N) is 1. The van der Waals surface area contributed by atoms with Crippen molar-refractivity contribution in [2.24, 2.45) is 0 Å². The van der Waals surface area contributed by atoms with Crippen LogP contribution in [0.3, 0.4) is 0 Å². The molecule has 0 fully saturated rings. The summed E-state index contributed by atoms with van der Waals surface area (Å²) in [4.78, 5) is 11.2. The van der Waals surface area contributed by atoms with Crippen molar-refractivity contribution in [2.45, 2.75) is 24.7 Å². The van der Waals surface area contributed by atoms with Gasteiger partial charge in [-0.25, -0.2) is 8.42 Å². The van der Waals surface area contributed by atoms with Crippen molar-refractivity contribution < 1.29 is 13.3 Å². The van der Waals surface area contributed by atoms with Crippen LogP contribution >= 0.6 is 22.9 Å². The third-order valence-electron chi connectivity index (χ3n) is 4.09. The number of sulfonamides is 1. The zero-order valence-electron chi connectivity index (χ0n) is 14.9. The van der Waals surface area contributed by atoms with Crippen molar-refractivity contribution in [2.75, 3.05) is 4.72 Å². The standard InChI is InChI=1S/C19H17ClN2O4S2/c1-2-3-13-4-7-15(8-5-13)28(25,26)21-18-10-11-27-19(18)16-12-14(22(23)24)6-9-17(16)20/h4-12,21H,2-3H2,1H3. The van der Waals surface area contributed by atoms with Gasteiger partial charge in [-0.2, -0.15) is 0 Å². The summed E-state index contributed by atoms with van der Waals surface area (Å²) in [5, 5.41) is 13.1. The Morgan fingerprint density at radius 2 is 1.86 bits per heavy atom. The topological polar surface area (TPSA) is 89.3 Å². The second-order valence-electron chi connectivity index (χ2n) is 6.08. The molecule has 0 atom stereocenters. The normalized spacial score (nSPS) is 11.4. The molecule has 1 heterocycles. The van der Waals surface area contributed by atoms with Gasteiger partial charge in [0.2, 0.25) is 0 Å². The van der Waals surface area contributed by atoms with Gasteiger partial charge in [-0.05, 0) is 41.6 Å². The summed E-state index contributed by atoms with van der Waals surface area (Å²) in [6.45, 7) is 2.06. The van der Waals surface area contributed by atoms with Crippen molar-refractivity contribution in [1.82, 2.24) is 0 Å². The van der Waals surface area contributed by atoms with Crippen LogP contribution in [-0.4, -0.2) is 13.3 Å². The molecule has 0 unspecified atom stereocenters. The zero-order valence-corrected chi connectivity index (χ0v) is 17.3. The Kier molecular flexibility index (Phi) is 6.02. The molecule has 3 aromatic rings. The fourth-order valence-corrected chi connectivity index (χ4v) is 5.01. The summed E-state index contributed by atoms with van der Waals surface area (Å²) in [5.41, 5.74) is 1.68. The lowest BCUT2D eigenvalue weighted by Gasteiger charge is -2.10. The third-order valence-corrected chi connectivity index (χ3v) is 6.75. The van der Waals surface area contributed by atoms with Gasteiger partial charge in [0.1, 0.15) is 0 Å². The minimum Gasteiger partial charge on any atom is -0.278 e. The molecule has 0 aliphatic carbocycles. The Hall–Kier alpha value is -2.42. The highest BCUT2D eigenvalue weighted by molar-refractivity contribution is 7.92. The minimum atomic E-state index is -3.81. The van der Waals surface area contributed by atoms with Gasteiger partial charge in [0.15, 0.2) is 0 Å². The maximum atomic E-state index is 12.8. The quantitative estimate of drug-likeness (QED) is 0.378. The van der Waals surface area contributed by atoms with Gasteiger partial charge in [0.05, 0.1) is 20.4 Å². The van der Waals surface area contributed by atoms with Gasteiger partial charge in [0.25, 0.3) is 15.7 Å². The average molecular weight is 437 g/mol. The van der Waals surface area contributed by atoms with E-state index < -0.39 is 14.9 Å². The number of hydrogen-bond donors (Lipinski definition) is 1. The van der Waals surface area contributed by atoms with E-state index in [-0.39, 0.29) is 10.6 Å². The lowest BCUT2D eigenvalue weighted by molar-refractivity contribution is -0.384. The monoisotopic (exact) mass is 436 g/mol. The Balaban J connectivity index is 1.94. The molecule has 0 radical (unpaired) electrons. The number of thiophene rings is 1. The molecule has 3 rings (SSSR count). The highest BCUT2D eigenvalue weighted by atomic mass is 35.5. The fourth-order valence-electron chi connectivity index (χ4n) is 2.73. The zero-order chi connectivity index (χ0) is 20.3. The van der Waals surface area contributed by atoms with Crippen LogP contribution in [0, 0.1) is 10.1 Å². The maximum absolute atomic E-state index is 12.8. The summed E-state index contributed by atoms with van der Waals surface area (Å²) in [5.74, 6) is 0. The Bertz CT molecular complexity index is 1110. The molecule has 0 bridgehead atoms. The van der Waals surface area contributed by atoms with E-state index in [4.69, 9.17) is 11.6 Å². The number of benzene rings is 2. The first-order valence-electron chi connectivity index (χ1n) is 8.45. The summed E-state index contributed by atoms with van der Waals surface area (Å²) < 4.78 is 28.1. The van der Waals surface area contributed by atoms with E-state index in [1.165, 1.54) is 29.5 Å². The first-order chi connectivity index (χ1) is 13.3. The van der Waals surface area contributed by atoms with Crippen LogP contribution in [0.2, 0.25) is 5.02 Å².